The first-order valence-electron chi connectivity index (χ1n) is 9.19. The summed E-state index contributed by atoms with van der Waals surface area (Å²) in [5, 5.41) is 2.60. The molecule has 0 bridgehead atoms. The zero-order valence-electron chi connectivity index (χ0n) is 16.5. The molecular weight excluding hydrogens is 392 g/mol. The zero-order valence-corrected chi connectivity index (χ0v) is 17.3. The molecule has 0 saturated heterocycles. The summed E-state index contributed by atoms with van der Waals surface area (Å²) in [4.78, 5) is 21.6. The van der Waals surface area contributed by atoms with Crippen LogP contribution in [0.1, 0.15) is 23.6 Å². The number of ether oxygens (including phenoxy) is 2. The molecule has 0 heterocycles. The standard InChI is InChI=1S/C17H18N2O2.C5H8O2.ClH/c18-8-9-19-17(20)21-11-13-5-3-7-15-14-6-2-1-4-12(14)10-16(13)15;1-3-5(6)7-4-2;/h1-7H,8-11,18H2,(H,19,20);3H,1,4H2,2H3;1H. The smallest absolute Gasteiger partial charge is 0.407 e. The molecular formula is C22H27ClN2O4. The third-order valence-electron chi connectivity index (χ3n) is 4.17. The minimum absolute atomic E-state index is 0. The topological polar surface area (TPSA) is 90.6 Å². The SMILES string of the molecule is C=CC(=O)OCC.Cl.NCCNC(=O)OCc1cccc2c1Cc1ccccc1-2. The summed E-state index contributed by atoms with van der Waals surface area (Å²) >= 11 is 0. The summed E-state index contributed by atoms with van der Waals surface area (Å²) in [7, 11) is 0. The number of nitrogens with two attached hydrogens (primary N) is 1. The molecule has 156 valence electrons. The Morgan fingerprint density at radius 2 is 1.86 bits per heavy atom. The van der Waals surface area contributed by atoms with E-state index in [0.717, 1.165) is 18.1 Å². The van der Waals surface area contributed by atoms with Crippen LogP contribution in [0, 0.1) is 0 Å². The maximum atomic E-state index is 11.5. The predicted molar refractivity (Wildman–Crippen MR) is 116 cm³/mol. The lowest BCUT2D eigenvalue weighted by Crippen LogP contribution is -2.29. The summed E-state index contributed by atoms with van der Waals surface area (Å²) in [6.45, 7) is 6.50. The molecule has 3 N–H and O–H groups in total. The van der Waals surface area contributed by atoms with Crippen LogP contribution in [0.3, 0.4) is 0 Å². The van der Waals surface area contributed by atoms with Gasteiger partial charge in [0.05, 0.1) is 6.61 Å². The Bertz CT molecular complexity index is 839. The molecule has 0 fully saturated rings. The van der Waals surface area contributed by atoms with Crippen LogP contribution < -0.4 is 11.1 Å². The number of amides is 1. The first-order valence-corrected chi connectivity index (χ1v) is 9.19. The van der Waals surface area contributed by atoms with Crippen molar-refractivity contribution in [2.45, 2.75) is 20.0 Å². The van der Waals surface area contributed by atoms with Crippen molar-refractivity contribution in [1.29, 1.82) is 0 Å². The monoisotopic (exact) mass is 418 g/mol. The van der Waals surface area contributed by atoms with Gasteiger partial charge < -0.3 is 20.5 Å². The average Bonchev–Trinajstić information content (AvgIpc) is 3.10. The summed E-state index contributed by atoms with van der Waals surface area (Å²) < 4.78 is 9.68. The molecule has 3 rings (SSSR count). The molecule has 1 amide bonds. The summed E-state index contributed by atoms with van der Waals surface area (Å²) in [5.41, 5.74) is 11.5. The Morgan fingerprint density at radius 3 is 2.52 bits per heavy atom. The van der Waals surface area contributed by atoms with Crippen molar-refractivity contribution < 1.29 is 19.1 Å². The van der Waals surface area contributed by atoms with E-state index in [-0.39, 0.29) is 25.0 Å². The lowest BCUT2D eigenvalue weighted by Gasteiger charge is -2.10. The second-order valence-corrected chi connectivity index (χ2v) is 6.02. The van der Waals surface area contributed by atoms with Crippen LogP contribution in [0.5, 0.6) is 0 Å². The van der Waals surface area contributed by atoms with Gasteiger partial charge in [-0.05, 0) is 41.2 Å². The van der Waals surface area contributed by atoms with Gasteiger partial charge in [0.1, 0.15) is 6.61 Å². The summed E-state index contributed by atoms with van der Waals surface area (Å²) in [6, 6.07) is 14.5. The molecule has 0 radical (unpaired) electrons. The number of nitrogens with one attached hydrogen (secondary N) is 1. The molecule has 6 nitrogen and oxygen atoms in total. The summed E-state index contributed by atoms with van der Waals surface area (Å²) in [6.07, 6.45) is 1.62. The van der Waals surface area contributed by atoms with Crippen LogP contribution in [0.2, 0.25) is 0 Å². The van der Waals surface area contributed by atoms with E-state index in [2.05, 4.69) is 47.0 Å². The van der Waals surface area contributed by atoms with Gasteiger partial charge in [-0.15, -0.1) is 12.4 Å². The molecule has 0 aromatic heterocycles. The molecule has 1 aliphatic carbocycles. The van der Waals surface area contributed by atoms with E-state index in [1.807, 2.05) is 12.1 Å². The number of alkyl carbamates (subject to hydrolysis) is 1. The zero-order chi connectivity index (χ0) is 20.4. The number of hydrogen-bond acceptors (Lipinski definition) is 5. The normalized spacial score (nSPS) is 10.3. The van der Waals surface area contributed by atoms with Gasteiger partial charge in [0.15, 0.2) is 0 Å². The molecule has 0 spiro atoms. The van der Waals surface area contributed by atoms with Crippen LogP contribution >= 0.6 is 12.4 Å². The number of esters is 1. The predicted octanol–water partition coefficient (Wildman–Crippen LogP) is 3.60. The Balaban J connectivity index is 0.000000456. The highest BCUT2D eigenvalue weighted by Gasteiger charge is 2.20. The number of hydrogen-bond donors (Lipinski definition) is 2. The van der Waals surface area contributed by atoms with Crippen molar-refractivity contribution in [3.8, 4) is 11.1 Å². The first kappa shape index (κ1) is 24.2. The van der Waals surface area contributed by atoms with Crippen LogP contribution in [0.15, 0.2) is 55.1 Å². The highest BCUT2D eigenvalue weighted by atomic mass is 35.5. The Morgan fingerprint density at radius 1 is 1.14 bits per heavy atom. The minimum atomic E-state index is -0.423. The molecule has 0 unspecified atom stereocenters. The van der Waals surface area contributed by atoms with E-state index in [1.54, 1.807) is 6.92 Å². The third-order valence-corrected chi connectivity index (χ3v) is 4.17. The quantitative estimate of drug-likeness (QED) is 0.471. The second-order valence-electron chi connectivity index (χ2n) is 6.02. The maximum absolute atomic E-state index is 11.5. The lowest BCUT2D eigenvalue weighted by atomic mass is 10.0. The van der Waals surface area contributed by atoms with Crippen LogP contribution in [-0.2, 0) is 27.3 Å². The molecule has 0 atom stereocenters. The van der Waals surface area contributed by atoms with Crippen molar-refractivity contribution >= 4 is 24.5 Å². The van der Waals surface area contributed by atoms with Gasteiger partial charge in [-0.1, -0.05) is 49.0 Å². The van der Waals surface area contributed by atoms with Crippen molar-refractivity contribution in [1.82, 2.24) is 5.32 Å². The van der Waals surface area contributed by atoms with Gasteiger partial charge in [0, 0.05) is 19.2 Å². The second kappa shape index (κ2) is 12.6. The van der Waals surface area contributed by atoms with Crippen LogP contribution in [0.4, 0.5) is 4.79 Å². The molecule has 29 heavy (non-hydrogen) atoms. The van der Waals surface area contributed by atoms with Crippen LogP contribution in [0.25, 0.3) is 11.1 Å². The van der Waals surface area contributed by atoms with Crippen molar-refractivity contribution in [2.24, 2.45) is 5.73 Å². The average molecular weight is 419 g/mol. The van der Waals surface area contributed by atoms with Gasteiger partial charge in [-0.3, -0.25) is 0 Å². The number of fused-ring (bicyclic) bond motifs is 3. The number of rotatable bonds is 6. The highest BCUT2D eigenvalue weighted by molar-refractivity contribution is 5.85. The van der Waals surface area contributed by atoms with E-state index < -0.39 is 6.09 Å². The molecule has 1 aliphatic rings. The number of carbonyl (C=O) groups excluding carboxylic acids is 2. The molecule has 2 aromatic rings. The lowest BCUT2D eigenvalue weighted by molar-refractivity contribution is -0.137. The van der Waals surface area contributed by atoms with Gasteiger partial charge >= 0.3 is 12.1 Å². The third kappa shape index (κ3) is 6.93. The number of carbonyl (C=O) groups is 2. The van der Waals surface area contributed by atoms with Crippen LogP contribution in [-0.4, -0.2) is 31.8 Å². The fourth-order valence-corrected chi connectivity index (χ4v) is 2.93. The van der Waals surface area contributed by atoms with Gasteiger partial charge in [0.25, 0.3) is 0 Å². The van der Waals surface area contributed by atoms with Crippen molar-refractivity contribution in [3.63, 3.8) is 0 Å². The molecule has 0 saturated carbocycles. The van der Waals surface area contributed by atoms with E-state index in [9.17, 15) is 9.59 Å². The van der Waals surface area contributed by atoms with E-state index >= 15 is 0 Å². The van der Waals surface area contributed by atoms with Crippen molar-refractivity contribution in [3.05, 3.63) is 71.8 Å². The fraction of sp³-hybridized carbons (Fsp3) is 0.273. The largest absolute Gasteiger partial charge is 0.463 e. The van der Waals surface area contributed by atoms with E-state index in [4.69, 9.17) is 10.5 Å². The van der Waals surface area contributed by atoms with E-state index in [0.29, 0.717) is 19.7 Å². The number of halogens is 1. The fourth-order valence-electron chi connectivity index (χ4n) is 2.93. The van der Waals surface area contributed by atoms with Gasteiger partial charge in [-0.2, -0.15) is 0 Å². The summed E-state index contributed by atoms with van der Waals surface area (Å²) in [5.74, 6) is -0.359. The first-order chi connectivity index (χ1) is 13.6. The van der Waals surface area contributed by atoms with E-state index in [1.165, 1.54) is 22.3 Å². The van der Waals surface area contributed by atoms with Gasteiger partial charge in [-0.25, -0.2) is 9.59 Å². The molecule has 7 heteroatoms. The number of benzene rings is 2. The molecule has 2 aromatic carbocycles. The highest BCUT2D eigenvalue weighted by Crippen LogP contribution is 2.38. The Kier molecular flexibility index (Phi) is 10.5. The van der Waals surface area contributed by atoms with Gasteiger partial charge in [0.2, 0.25) is 0 Å². The van der Waals surface area contributed by atoms with Crippen molar-refractivity contribution in [2.75, 3.05) is 19.7 Å². The minimum Gasteiger partial charge on any atom is -0.463 e. The molecule has 0 aliphatic heterocycles. The maximum Gasteiger partial charge on any atom is 0.407 e. The Labute approximate surface area is 177 Å². The Hall–Kier alpha value is -2.83.